The number of methoxy groups -OCH3 is 1. The Balaban J connectivity index is 2.02. The number of rotatable bonds is 9. The third-order valence-electron chi connectivity index (χ3n) is 3.52. The monoisotopic (exact) mass is 364 g/mol. The Morgan fingerprint density at radius 1 is 1.04 bits per heavy atom. The molecule has 0 amide bonds. The maximum absolute atomic E-state index is 12.4. The summed E-state index contributed by atoms with van der Waals surface area (Å²) in [5, 5.41) is 3.31. The smallest absolute Gasteiger partial charge is 0.339 e. The molecule has 0 aliphatic carbocycles. The van der Waals surface area contributed by atoms with Gasteiger partial charge in [0.2, 0.25) is 0 Å². The molecule has 0 fully saturated rings. The first-order chi connectivity index (χ1) is 11.9. The first-order valence-electron chi connectivity index (χ1n) is 7.93. The Labute approximate surface area is 149 Å². The van der Waals surface area contributed by atoms with Crippen LogP contribution in [0.1, 0.15) is 5.56 Å². The maximum atomic E-state index is 12.4. The van der Waals surface area contributed by atoms with E-state index in [1.54, 1.807) is 30.3 Å². The molecule has 2 aromatic rings. The van der Waals surface area contributed by atoms with Gasteiger partial charge >= 0.3 is 10.1 Å². The summed E-state index contributed by atoms with van der Waals surface area (Å²) in [6.45, 7) is 2.43. The lowest BCUT2D eigenvalue weighted by molar-refractivity contribution is 0.400. The van der Waals surface area contributed by atoms with Gasteiger partial charge in [0.15, 0.2) is 0 Å². The number of nitrogens with zero attached hydrogens (tertiary/aromatic N) is 1. The van der Waals surface area contributed by atoms with E-state index >= 15 is 0 Å². The van der Waals surface area contributed by atoms with E-state index in [1.165, 1.54) is 19.2 Å². The summed E-state index contributed by atoms with van der Waals surface area (Å²) in [5.41, 5.74) is 0.959. The number of nitrogens with one attached hydrogen (secondary N) is 1. The van der Waals surface area contributed by atoms with Crippen molar-refractivity contribution in [1.29, 1.82) is 0 Å². The average molecular weight is 364 g/mol. The van der Waals surface area contributed by atoms with Crippen molar-refractivity contribution in [3.05, 3.63) is 54.1 Å². The Morgan fingerprint density at radius 3 is 2.40 bits per heavy atom. The van der Waals surface area contributed by atoms with Gasteiger partial charge in [0.1, 0.15) is 16.4 Å². The van der Waals surface area contributed by atoms with E-state index in [2.05, 4.69) is 10.2 Å². The van der Waals surface area contributed by atoms with Gasteiger partial charge in [-0.15, -0.1) is 0 Å². The Hall–Kier alpha value is -2.09. The molecule has 0 saturated carbocycles. The van der Waals surface area contributed by atoms with Crippen molar-refractivity contribution in [2.75, 3.05) is 34.3 Å². The van der Waals surface area contributed by atoms with Crippen molar-refractivity contribution < 1.29 is 17.3 Å². The van der Waals surface area contributed by atoms with Gasteiger partial charge in [-0.2, -0.15) is 8.42 Å². The minimum Gasteiger partial charge on any atom is -0.497 e. The van der Waals surface area contributed by atoms with Gasteiger partial charge in [-0.25, -0.2) is 0 Å². The fourth-order valence-electron chi connectivity index (χ4n) is 2.16. The summed E-state index contributed by atoms with van der Waals surface area (Å²) in [6, 6.07) is 13.1. The lowest BCUT2D eigenvalue weighted by atomic mass is 10.2. The van der Waals surface area contributed by atoms with E-state index in [0.29, 0.717) is 18.0 Å². The van der Waals surface area contributed by atoms with E-state index in [4.69, 9.17) is 8.92 Å². The molecule has 7 heteroatoms. The predicted octanol–water partition coefficient (Wildman–Crippen LogP) is 2.11. The van der Waals surface area contributed by atoms with Crippen LogP contribution in [-0.4, -0.2) is 47.6 Å². The van der Waals surface area contributed by atoms with Crippen LogP contribution >= 0.6 is 0 Å². The SMILES string of the molecule is COc1ccc(S(=O)(=O)Oc2cccc(CNCCN(C)C)c2)cc1. The summed E-state index contributed by atoms with van der Waals surface area (Å²) in [6.07, 6.45) is 0. The molecule has 0 aromatic heterocycles. The Morgan fingerprint density at radius 2 is 1.76 bits per heavy atom. The van der Waals surface area contributed by atoms with Crippen LogP contribution in [0.3, 0.4) is 0 Å². The molecule has 0 spiro atoms. The first-order valence-corrected chi connectivity index (χ1v) is 9.34. The second-order valence-corrected chi connectivity index (χ2v) is 7.39. The van der Waals surface area contributed by atoms with Crippen molar-refractivity contribution in [3.63, 3.8) is 0 Å². The molecule has 2 aromatic carbocycles. The highest BCUT2D eigenvalue weighted by molar-refractivity contribution is 7.87. The average Bonchev–Trinajstić information content (AvgIpc) is 2.58. The van der Waals surface area contributed by atoms with Crippen molar-refractivity contribution in [1.82, 2.24) is 10.2 Å². The molecule has 0 bridgehead atoms. The van der Waals surface area contributed by atoms with Crippen molar-refractivity contribution in [2.45, 2.75) is 11.4 Å². The molecule has 1 N–H and O–H groups in total. The zero-order chi connectivity index (χ0) is 18.3. The molecule has 0 unspecified atom stereocenters. The number of hydrogen-bond donors (Lipinski definition) is 1. The zero-order valence-electron chi connectivity index (χ0n) is 14.7. The van der Waals surface area contributed by atoms with Gasteiger partial charge in [-0.3, -0.25) is 0 Å². The lowest BCUT2D eigenvalue weighted by Gasteiger charge is -2.11. The van der Waals surface area contributed by atoms with Gasteiger partial charge < -0.3 is 19.1 Å². The zero-order valence-corrected chi connectivity index (χ0v) is 15.5. The molecule has 0 saturated heterocycles. The van der Waals surface area contributed by atoms with E-state index < -0.39 is 10.1 Å². The molecule has 0 atom stereocenters. The summed E-state index contributed by atoms with van der Waals surface area (Å²) in [5.74, 6) is 0.882. The lowest BCUT2D eigenvalue weighted by Crippen LogP contribution is -2.26. The van der Waals surface area contributed by atoms with Gasteiger partial charge in [0.25, 0.3) is 0 Å². The van der Waals surface area contributed by atoms with Crippen molar-refractivity contribution in [3.8, 4) is 11.5 Å². The third-order valence-corrected chi connectivity index (χ3v) is 4.78. The quantitative estimate of drug-likeness (QED) is 0.543. The van der Waals surface area contributed by atoms with Crippen molar-refractivity contribution in [2.24, 2.45) is 0 Å². The Bertz CT molecular complexity index is 774. The third kappa shape index (κ3) is 6.04. The van der Waals surface area contributed by atoms with Crippen LogP contribution in [0.5, 0.6) is 11.5 Å². The van der Waals surface area contributed by atoms with Crippen LogP contribution in [0.4, 0.5) is 0 Å². The van der Waals surface area contributed by atoms with Crippen LogP contribution < -0.4 is 14.2 Å². The van der Waals surface area contributed by atoms with Crippen LogP contribution in [0, 0.1) is 0 Å². The maximum Gasteiger partial charge on any atom is 0.339 e. The van der Waals surface area contributed by atoms with Crippen LogP contribution in [0.2, 0.25) is 0 Å². The largest absolute Gasteiger partial charge is 0.497 e. The van der Waals surface area contributed by atoms with E-state index in [9.17, 15) is 8.42 Å². The number of hydrogen-bond acceptors (Lipinski definition) is 6. The van der Waals surface area contributed by atoms with Gasteiger partial charge in [0, 0.05) is 19.6 Å². The summed E-state index contributed by atoms with van der Waals surface area (Å²) >= 11 is 0. The standard InChI is InChI=1S/C18H24N2O4S/c1-20(2)12-11-19-14-15-5-4-6-17(13-15)24-25(21,22)18-9-7-16(23-3)8-10-18/h4-10,13,19H,11-12,14H2,1-3H3. The van der Waals surface area contributed by atoms with E-state index in [0.717, 1.165) is 18.7 Å². The molecule has 6 nitrogen and oxygen atoms in total. The number of ether oxygens (including phenoxy) is 1. The van der Waals surface area contributed by atoms with E-state index in [-0.39, 0.29) is 4.90 Å². The molecule has 0 radical (unpaired) electrons. The minimum absolute atomic E-state index is 0.0859. The topological polar surface area (TPSA) is 67.9 Å². The fraction of sp³-hybridized carbons (Fsp3) is 0.333. The van der Waals surface area contributed by atoms with Crippen molar-refractivity contribution >= 4 is 10.1 Å². The minimum atomic E-state index is -3.87. The summed E-state index contributed by atoms with van der Waals surface area (Å²) < 4.78 is 35.0. The highest BCUT2D eigenvalue weighted by Crippen LogP contribution is 2.21. The van der Waals surface area contributed by atoms with Crippen LogP contribution in [0.25, 0.3) is 0 Å². The highest BCUT2D eigenvalue weighted by Gasteiger charge is 2.16. The molecule has 2 rings (SSSR count). The highest BCUT2D eigenvalue weighted by atomic mass is 32.2. The van der Waals surface area contributed by atoms with Gasteiger partial charge in [-0.1, -0.05) is 12.1 Å². The predicted molar refractivity (Wildman–Crippen MR) is 97.5 cm³/mol. The molecule has 0 aliphatic heterocycles. The second-order valence-electron chi connectivity index (χ2n) is 5.84. The summed E-state index contributed by atoms with van der Waals surface area (Å²) in [4.78, 5) is 2.18. The van der Waals surface area contributed by atoms with Gasteiger partial charge in [-0.05, 0) is 56.1 Å². The Kier molecular flexibility index (Phi) is 6.81. The summed E-state index contributed by atoms with van der Waals surface area (Å²) in [7, 11) is 1.68. The number of likely N-dealkylation sites (N-methyl/N-ethyl adjacent to an activating group) is 1. The fourth-order valence-corrected chi connectivity index (χ4v) is 3.08. The van der Waals surface area contributed by atoms with E-state index in [1.807, 2.05) is 20.2 Å². The first kappa shape index (κ1) is 19.2. The van der Waals surface area contributed by atoms with Crippen LogP contribution in [0.15, 0.2) is 53.4 Å². The molecule has 136 valence electrons. The molecule has 0 heterocycles. The van der Waals surface area contributed by atoms with Gasteiger partial charge in [0.05, 0.1) is 7.11 Å². The second kappa shape index (κ2) is 8.84. The molecule has 25 heavy (non-hydrogen) atoms. The molecular formula is C18H24N2O4S. The normalized spacial score (nSPS) is 11.5. The molecule has 0 aliphatic rings. The number of benzene rings is 2. The molecular weight excluding hydrogens is 340 g/mol. The van der Waals surface area contributed by atoms with Crippen LogP contribution in [-0.2, 0) is 16.7 Å².